The number of piperidine rings is 1. The van der Waals surface area contributed by atoms with Gasteiger partial charge >= 0.3 is 6.18 Å². The lowest BCUT2D eigenvalue weighted by molar-refractivity contribution is -0.177. The van der Waals surface area contributed by atoms with E-state index in [-0.39, 0.29) is 13.0 Å². The molecule has 3 rings (SSSR count). The van der Waals surface area contributed by atoms with Crippen LogP contribution in [0.4, 0.5) is 18.9 Å². The van der Waals surface area contributed by atoms with Gasteiger partial charge in [0.05, 0.1) is 24.4 Å². The molecule has 5 nitrogen and oxygen atoms in total. The van der Waals surface area contributed by atoms with Gasteiger partial charge in [-0.3, -0.25) is 4.98 Å². The minimum atomic E-state index is -4.26. The zero-order valence-corrected chi connectivity index (χ0v) is 13.3. The second-order valence-electron chi connectivity index (χ2n) is 5.92. The van der Waals surface area contributed by atoms with Crippen LogP contribution in [0.15, 0.2) is 24.5 Å². The number of hydrogen-bond acceptors (Lipinski definition) is 5. The molecule has 8 heteroatoms. The van der Waals surface area contributed by atoms with E-state index in [4.69, 9.17) is 10.5 Å². The van der Waals surface area contributed by atoms with Gasteiger partial charge < -0.3 is 15.4 Å². The van der Waals surface area contributed by atoms with Crippen molar-refractivity contribution in [2.24, 2.45) is 11.7 Å². The van der Waals surface area contributed by atoms with E-state index >= 15 is 0 Å². The van der Waals surface area contributed by atoms with E-state index in [1.807, 2.05) is 13.0 Å². The molecular formula is C16H19F3N4O. The van der Waals surface area contributed by atoms with Crippen LogP contribution in [0.1, 0.15) is 13.3 Å². The highest BCUT2D eigenvalue weighted by molar-refractivity contribution is 5.94. The molecule has 1 aliphatic heterocycles. The molecule has 0 bridgehead atoms. The molecule has 0 spiro atoms. The Balaban J connectivity index is 2.01. The predicted octanol–water partition coefficient (Wildman–Crippen LogP) is 2.74. The highest BCUT2D eigenvalue weighted by atomic mass is 19.4. The first-order valence-electron chi connectivity index (χ1n) is 7.84. The topological polar surface area (TPSA) is 64.3 Å². The fourth-order valence-corrected chi connectivity index (χ4v) is 3.10. The monoisotopic (exact) mass is 340 g/mol. The van der Waals surface area contributed by atoms with Gasteiger partial charge in [0, 0.05) is 30.7 Å². The number of alkyl halides is 3. The Hall–Kier alpha value is -2.09. The lowest BCUT2D eigenvalue weighted by Gasteiger charge is -2.38. The third kappa shape index (κ3) is 3.24. The highest BCUT2D eigenvalue weighted by Crippen LogP contribution is 2.37. The first-order chi connectivity index (χ1) is 11.4. The first kappa shape index (κ1) is 16.8. The van der Waals surface area contributed by atoms with E-state index < -0.39 is 18.1 Å². The Bertz CT molecular complexity index is 722. The van der Waals surface area contributed by atoms with Crippen LogP contribution in [0.25, 0.3) is 10.9 Å². The summed E-state index contributed by atoms with van der Waals surface area (Å²) in [6, 6.07) is 3.01. The number of nitrogens with two attached hydrogens (primary N) is 1. The van der Waals surface area contributed by atoms with Crippen molar-refractivity contribution in [3.8, 4) is 5.88 Å². The molecule has 130 valence electrons. The fourth-order valence-electron chi connectivity index (χ4n) is 3.10. The van der Waals surface area contributed by atoms with Crippen LogP contribution in [0.3, 0.4) is 0 Å². The van der Waals surface area contributed by atoms with Crippen molar-refractivity contribution in [1.82, 2.24) is 9.97 Å². The van der Waals surface area contributed by atoms with E-state index in [9.17, 15) is 13.2 Å². The van der Waals surface area contributed by atoms with E-state index in [2.05, 4.69) is 9.97 Å². The van der Waals surface area contributed by atoms with Crippen LogP contribution in [-0.2, 0) is 0 Å². The van der Waals surface area contributed by atoms with Crippen molar-refractivity contribution < 1.29 is 17.9 Å². The number of halogens is 3. The maximum Gasteiger partial charge on any atom is 0.393 e. The Morgan fingerprint density at radius 1 is 1.33 bits per heavy atom. The number of nitrogens with zero attached hydrogens (tertiary/aromatic N) is 3. The number of anilines is 1. The Labute approximate surface area is 137 Å². The highest BCUT2D eigenvalue weighted by Gasteiger charge is 2.44. The van der Waals surface area contributed by atoms with Gasteiger partial charge in [0.15, 0.2) is 0 Å². The number of pyridine rings is 2. The molecule has 2 N–H and O–H groups in total. The van der Waals surface area contributed by atoms with E-state index in [0.29, 0.717) is 35.6 Å². The number of fused-ring (bicyclic) bond motifs is 1. The zero-order chi connectivity index (χ0) is 17.3. The molecule has 0 aliphatic carbocycles. The van der Waals surface area contributed by atoms with Crippen LogP contribution in [0, 0.1) is 5.92 Å². The number of ether oxygens (including phenoxy) is 1. The maximum absolute atomic E-state index is 13.2. The van der Waals surface area contributed by atoms with Gasteiger partial charge in [0.1, 0.15) is 5.52 Å². The summed E-state index contributed by atoms with van der Waals surface area (Å²) in [5.74, 6) is -1.06. The standard InChI is InChI=1S/C16H19F3N4O/c1-2-24-15-14-12(4-3-5-21-14)13(7-22-15)23-8-10(16(17,18)19)6-11(20)9-23/h3-5,7,10-11H,2,6,8-9,20H2,1H3/t10-,11+/m1/s1. The molecule has 0 radical (unpaired) electrons. The summed E-state index contributed by atoms with van der Waals surface area (Å²) in [5.41, 5.74) is 7.01. The van der Waals surface area contributed by atoms with Crippen molar-refractivity contribution in [3.05, 3.63) is 24.5 Å². The van der Waals surface area contributed by atoms with Gasteiger partial charge in [-0.05, 0) is 25.5 Å². The van der Waals surface area contributed by atoms with Gasteiger partial charge in [-0.1, -0.05) is 0 Å². The molecule has 0 saturated carbocycles. The molecule has 0 amide bonds. The smallest absolute Gasteiger partial charge is 0.393 e. The fraction of sp³-hybridized carbons (Fsp3) is 0.500. The van der Waals surface area contributed by atoms with Crippen molar-refractivity contribution >= 4 is 16.6 Å². The van der Waals surface area contributed by atoms with Crippen molar-refractivity contribution in [2.45, 2.75) is 25.6 Å². The number of aromatic nitrogens is 2. The van der Waals surface area contributed by atoms with E-state index in [1.165, 1.54) is 0 Å². The predicted molar refractivity (Wildman–Crippen MR) is 85.1 cm³/mol. The molecule has 0 unspecified atom stereocenters. The Morgan fingerprint density at radius 3 is 2.83 bits per heavy atom. The molecule has 1 aliphatic rings. The Morgan fingerprint density at radius 2 is 2.12 bits per heavy atom. The second kappa shape index (κ2) is 6.43. The van der Waals surface area contributed by atoms with Gasteiger partial charge in [0.2, 0.25) is 5.88 Å². The van der Waals surface area contributed by atoms with E-state index in [0.717, 1.165) is 0 Å². The minimum absolute atomic E-state index is 0.0549. The lowest BCUT2D eigenvalue weighted by atomic mass is 9.93. The third-order valence-corrected chi connectivity index (χ3v) is 4.16. The average Bonchev–Trinajstić information content (AvgIpc) is 2.54. The summed E-state index contributed by atoms with van der Waals surface area (Å²) in [7, 11) is 0. The largest absolute Gasteiger partial charge is 0.476 e. The van der Waals surface area contributed by atoms with Crippen molar-refractivity contribution in [3.63, 3.8) is 0 Å². The summed E-state index contributed by atoms with van der Waals surface area (Å²) >= 11 is 0. The lowest BCUT2D eigenvalue weighted by Crippen LogP contribution is -2.51. The Kier molecular flexibility index (Phi) is 4.49. The molecular weight excluding hydrogens is 321 g/mol. The normalized spacial score (nSPS) is 22.0. The quantitative estimate of drug-likeness (QED) is 0.931. The summed E-state index contributed by atoms with van der Waals surface area (Å²) in [5, 5.41) is 0.714. The average molecular weight is 340 g/mol. The van der Waals surface area contributed by atoms with Gasteiger partial charge in [-0.25, -0.2) is 4.98 Å². The summed E-state index contributed by atoms with van der Waals surface area (Å²) < 4.78 is 44.9. The van der Waals surface area contributed by atoms with Gasteiger partial charge in [0.25, 0.3) is 0 Å². The summed E-state index contributed by atoms with van der Waals surface area (Å²) in [6.45, 7) is 2.49. The minimum Gasteiger partial charge on any atom is -0.476 e. The van der Waals surface area contributed by atoms with Gasteiger partial charge in [-0.2, -0.15) is 13.2 Å². The van der Waals surface area contributed by atoms with E-state index in [1.54, 1.807) is 23.4 Å². The molecule has 1 saturated heterocycles. The molecule has 24 heavy (non-hydrogen) atoms. The van der Waals surface area contributed by atoms with Crippen molar-refractivity contribution in [1.29, 1.82) is 0 Å². The third-order valence-electron chi connectivity index (χ3n) is 4.16. The molecule has 0 aromatic carbocycles. The van der Waals surface area contributed by atoms with Crippen LogP contribution in [0.2, 0.25) is 0 Å². The van der Waals surface area contributed by atoms with Crippen LogP contribution >= 0.6 is 0 Å². The SMILES string of the molecule is CCOc1ncc(N2C[C@@H](N)C[C@@H](C(F)(F)F)C2)c2cccnc12. The summed E-state index contributed by atoms with van der Waals surface area (Å²) in [4.78, 5) is 10.2. The van der Waals surface area contributed by atoms with Crippen LogP contribution in [0.5, 0.6) is 5.88 Å². The number of hydrogen-bond donors (Lipinski definition) is 1. The first-order valence-corrected chi connectivity index (χ1v) is 7.84. The zero-order valence-electron chi connectivity index (χ0n) is 13.3. The van der Waals surface area contributed by atoms with Gasteiger partial charge in [-0.15, -0.1) is 0 Å². The van der Waals surface area contributed by atoms with Crippen molar-refractivity contribution in [2.75, 3.05) is 24.6 Å². The number of rotatable bonds is 3. The molecule has 2 atom stereocenters. The van der Waals surface area contributed by atoms with Crippen LogP contribution < -0.4 is 15.4 Å². The molecule has 3 heterocycles. The second-order valence-corrected chi connectivity index (χ2v) is 5.92. The molecule has 2 aromatic rings. The molecule has 1 fully saturated rings. The maximum atomic E-state index is 13.2. The summed E-state index contributed by atoms with van der Waals surface area (Å²) in [6.07, 6.45) is -1.17. The molecule has 2 aromatic heterocycles. The van der Waals surface area contributed by atoms with Crippen LogP contribution in [-0.4, -0.2) is 41.9 Å².